The van der Waals surface area contributed by atoms with Gasteiger partial charge in [0, 0.05) is 31.6 Å². The lowest BCUT2D eigenvalue weighted by atomic mass is 10.2. The summed E-state index contributed by atoms with van der Waals surface area (Å²) in [5.41, 5.74) is 0.974. The predicted molar refractivity (Wildman–Crippen MR) is 84.8 cm³/mol. The van der Waals surface area contributed by atoms with E-state index in [1.54, 1.807) is 0 Å². The lowest BCUT2D eigenvalue weighted by Gasteiger charge is -2.22. The molecule has 116 valence electrons. The Kier molecular flexibility index (Phi) is 4.65. The van der Waals surface area contributed by atoms with Crippen LogP contribution in [0.15, 0.2) is 0 Å². The number of nitrogens with one attached hydrogen (secondary N) is 2. The number of hydrogen-bond acceptors (Lipinski definition) is 5. The number of rotatable bonds is 6. The molecule has 0 radical (unpaired) electrons. The van der Waals surface area contributed by atoms with Gasteiger partial charge in [-0.25, -0.2) is 9.97 Å². The Morgan fingerprint density at radius 2 is 2.05 bits per heavy atom. The van der Waals surface area contributed by atoms with Gasteiger partial charge >= 0.3 is 0 Å². The maximum Gasteiger partial charge on any atom is 0.239 e. The zero-order valence-corrected chi connectivity index (χ0v) is 13.5. The standard InChI is InChI=1S/C15H25N5O/c1-9(2)17-12(21)8-20(5)15-10(3)13(16-4)18-14(19-15)11-6-7-11/h9,11H,6-8H2,1-5H3,(H,17,21)(H,16,18,19). The molecule has 1 aliphatic carbocycles. The molecule has 1 aliphatic rings. The molecular formula is C15H25N5O. The van der Waals surface area contributed by atoms with E-state index in [9.17, 15) is 4.79 Å². The molecule has 0 bridgehead atoms. The summed E-state index contributed by atoms with van der Waals surface area (Å²) in [5.74, 6) is 3.04. The number of carbonyl (C=O) groups is 1. The van der Waals surface area contributed by atoms with E-state index in [1.165, 1.54) is 0 Å². The number of amides is 1. The van der Waals surface area contributed by atoms with E-state index >= 15 is 0 Å². The molecule has 6 heteroatoms. The highest BCUT2D eigenvalue weighted by molar-refractivity contribution is 5.81. The molecule has 6 nitrogen and oxygen atoms in total. The van der Waals surface area contributed by atoms with E-state index < -0.39 is 0 Å². The van der Waals surface area contributed by atoms with Crippen LogP contribution >= 0.6 is 0 Å². The molecule has 1 fully saturated rings. The highest BCUT2D eigenvalue weighted by Gasteiger charge is 2.28. The van der Waals surface area contributed by atoms with Crippen LogP contribution in [0.25, 0.3) is 0 Å². The number of likely N-dealkylation sites (N-methyl/N-ethyl adjacent to an activating group) is 1. The van der Waals surface area contributed by atoms with Gasteiger partial charge in [-0.05, 0) is 33.6 Å². The zero-order chi connectivity index (χ0) is 15.6. The van der Waals surface area contributed by atoms with Crippen molar-refractivity contribution in [3.8, 4) is 0 Å². The number of carbonyl (C=O) groups excluding carboxylic acids is 1. The highest BCUT2D eigenvalue weighted by Crippen LogP contribution is 2.39. The smallest absolute Gasteiger partial charge is 0.239 e. The van der Waals surface area contributed by atoms with Gasteiger partial charge in [0.15, 0.2) is 0 Å². The van der Waals surface area contributed by atoms with Crippen LogP contribution in [0.3, 0.4) is 0 Å². The fourth-order valence-electron chi connectivity index (χ4n) is 2.32. The van der Waals surface area contributed by atoms with Crippen molar-refractivity contribution in [2.45, 2.75) is 45.6 Å². The SMILES string of the molecule is CNc1nc(C2CC2)nc(N(C)CC(=O)NC(C)C)c1C. The molecule has 0 aliphatic heterocycles. The lowest BCUT2D eigenvalue weighted by Crippen LogP contribution is -2.39. The second kappa shape index (κ2) is 6.28. The topological polar surface area (TPSA) is 70.2 Å². The summed E-state index contributed by atoms with van der Waals surface area (Å²) in [6, 6.07) is 0.146. The van der Waals surface area contributed by atoms with Crippen molar-refractivity contribution >= 4 is 17.5 Å². The molecule has 1 aromatic heterocycles. The van der Waals surface area contributed by atoms with Crippen LogP contribution in [0.5, 0.6) is 0 Å². The van der Waals surface area contributed by atoms with E-state index in [0.717, 1.165) is 35.9 Å². The molecule has 21 heavy (non-hydrogen) atoms. The van der Waals surface area contributed by atoms with Crippen LogP contribution < -0.4 is 15.5 Å². The van der Waals surface area contributed by atoms with Gasteiger partial charge in [-0.3, -0.25) is 4.79 Å². The first-order valence-electron chi connectivity index (χ1n) is 7.49. The average Bonchev–Trinajstić information content (AvgIpc) is 3.22. The first-order chi connectivity index (χ1) is 9.92. The zero-order valence-electron chi connectivity index (χ0n) is 13.5. The Balaban J connectivity index is 2.20. The molecule has 0 spiro atoms. The summed E-state index contributed by atoms with van der Waals surface area (Å²) < 4.78 is 0. The Hall–Kier alpha value is -1.85. The molecule has 1 saturated carbocycles. The highest BCUT2D eigenvalue weighted by atomic mass is 16.2. The van der Waals surface area contributed by atoms with Gasteiger partial charge in [-0.2, -0.15) is 0 Å². The molecule has 1 heterocycles. The normalized spacial score (nSPS) is 14.2. The van der Waals surface area contributed by atoms with Crippen LogP contribution in [-0.2, 0) is 4.79 Å². The predicted octanol–water partition coefficient (Wildman–Crippen LogP) is 1.66. The Labute approximate surface area is 126 Å². The van der Waals surface area contributed by atoms with Crippen molar-refractivity contribution in [3.05, 3.63) is 11.4 Å². The van der Waals surface area contributed by atoms with E-state index in [4.69, 9.17) is 0 Å². The maximum absolute atomic E-state index is 11.9. The van der Waals surface area contributed by atoms with Crippen LogP contribution in [0.1, 0.15) is 44.0 Å². The molecule has 0 atom stereocenters. The van der Waals surface area contributed by atoms with Crippen molar-refractivity contribution in [3.63, 3.8) is 0 Å². The van der Waals surface area contributed by atoms with Gasteiger partial charge in [0.1, 0.15) is 17.5 Å². The van der Waals surface area contributed by atoms with Crippen LogP contribution in [-0.4, -0.2) is 42.6 Å². The fraction of sp³-hybridized carbons (Fsp3) is 0.667. The summed E-state index contributed by atoms with van der Waals surface area (Å²) in [4.78, 5) is 23.1. The van der Waals surface area contributed by atoms with Crippen molar-refractivity contribution in [1.82, 2.24) is 15.3 Å². The van der Waals surface area contributed by atoms with E-state index in [0.29, 0.717) is 12.5 Å². The Morgan fingerprint density at radius 3 is 2.57 bits per heavy atom. The second-order valence-corrected chi connectivity index (χ2v) is 5.98. The first-order valence-corrected chi connectivity index (χ1v) is 7.49. The maximum atomic E-state index is 11.9. The van der Waals surface area contributed by atoms with Gasteiger partial charge in [-0.1, -0.05) is 0 Å². The van der Waals surface area contributed by atoms with Gasteiger partial charge < -0.3 is 15.5 Å². The molecule has 0 saturated heterocycles. The lowest BCUT2D eigenvalue weighted by molar-refractivity contribution is -0.120. The van der Waals surface area contributed by atoms with E-state index in [2.05, 4.69) is 20.6 Å². The van der Waals surface area contributed by atoms with Gasteiger partial charge in [0.05, 0.1) is 6.54 Å². The number of hydrogen-bond donors (Lipinski definition) is 2. The van der Waals surface area contributed by atoms with E-state index in [-0.39, 0.29) is 11.9 Å². The molecule has 0 aromatic carbocycles. The third-order valence-electron chi connectivity index (χ3n) is 3.51. The molecular weight excluding hydrogens is 266 g/mol. The minimum atomic E-state index is 0.00416. The van der Waals surface area contributed by atoms with Crippen LogP contribution in [0, 0.1) is 6.92 Å². The first kappa shape index (κ1) is 15.5. The van der Waals surface area contributed by atoms with Gasteiger partial charge in [-0.15, -0.1) is 0 Å². The third kappa shape index (κ3) is 3.83. The quantitative estimate of drug-likeness (QED) is 0.834. The summed E-state index contributed by atoms with van der Waals surface area (Å²) in [6.45, 7) is 6.19. The monoisotopic (exact) mass is 291 g/mol. The summed E-state index contributed by atoms with van der Waals surface area (Å²) in [6.07, 6.45) is 2.31. The summed E-state index contributed by atoms with van der Waals surface area (Å²) in [7, 11) is 3.76. The Morgan fingerprint density at radius 1 is 1.38 bits per heavy atom. The van der Waals surface area contributed by atoms with Crippen molar-refractivity contribution in [2.24, 2.45) is 0 Å². The van der Waals surface area contributed by atoms with Crippen molar-refractivity contribution in [2.75, 3.05) is 30.9 Å². The average molecular weight is 291 g/mol. The Bertz CT molecular complexity index is 525. The minimum Gasteiger partial charge on any atom is -0.373 e. The molecule has 2 rings (SSSR count). The van der Waals surface area contributed by atoms with Crippen molar-refractivity contribution < 1.29 is 4.79 Å². The minimum absolute atomic E-state index is 0.00416. The molecule has 0 unspecified atom stereocenters. The second-order valence-electron chi connectivity index (χ2n) is 5.98. The summed E-state index contributed by atoms with van der Waals surface area (Å²) >= 11 is 0. The number of nitrogens with zero attached hydrogens (tertiary/aromatic N) is 3. The largest absolute Gasteiger partial charge is 0.373 e. The van der Waals surface area contributed by atoms with Crippen LogP contribution in [0.2, 0.25) is 0 Å². The van der Waals surface area contributed by atoms with Gasteiger partial charge in [0.25, 0.3) is 0 Å². The molecule has 1 amide bonds. The number of anilines is 2. The fourth-order valence-corrected chi connectivity index (χ4v) is 2.32. The van der Waals surface area contributed by atoms with Crippen molar-refractivity contribution in [1.29, 1.82) is 0 Å². The number of aromatic nitrogens is 2. The van der Waals surface area contributed by atoms with E-state index in [1.807, 2.05) is 39.8 Å². The van der Waals surface area contributed by atoms with Gasteiger partial charge in [0.2, 0.25) is 5.91 Å². The molecule has 2 N–H and O–H groups in total. The third-order valence-corrected chi connectivity index (χ3v) is 3.51. The summed E-state index contributed by atoms with van der Waals surface area (Å²) in [5, 5.41) is 6.02. The van der Waals surface area contributed by atoms with Crippen LogP contribution in [0.4, 0.5) is 11.6 Å². The molecule has 1 aromatic rings.